The van der Waals surface area contributed by atoms with E-state index >= 15 is 0 Å². The van der Waals surface area contributed by atoms with Crippen LogP contribution in [0.3, 0.4) is 0 Å². The van der Waals surface area contributed by atoms with Crippen molar-refractivity contribution in [3.63, 3.8) is 0 Å². The molecule has 2 rings (SSSR count). The van der Waals surface area contributed by atoms with Gasteiger partial charge in [0.1, 0.15) is 11.6 Å². The summed E-state index contributed by atoms with van der Waals surface area (Å²) < 4.78 is 69.7. The summed E-state index contributed by atoms with van der Waals surface area (Å²) in [6.07, 6.45) is -5.70. The third kappa shape index (κ3) is 6.08. The number of aliphatic hydroxyl groups excluding tert-OH is 1. The largest absolute Gasteiger partial charge is 0.398 e. The molecule has 3 nitrogen and oxygen atoms in total. The summed E-state index contributed by atoms with van der Waals surface area (Å²) in [5, 5.41) is 12.6. The van der Waals surface area contributed by atoms with Crippen molar-refractivity contribution in [3.05, 3.63) is 58.7 Å². The number of halogens is 5. The molecular formula is C18H18F5NO2S. The van der Waals surface area contributed by atoms with E-state index in [1.165, 1.54) is 32.2 Å². The molecule has 0 aliphatic heterocycles. The van der Waals surface area contributed by atoms with E-state index < -0.39 is 29.9 Å². The van der Waals surface area contributed by atoms with Gasteiger partial charge in [-0.2, -0.15) is 13.2 Å². The quantitative estimate of drug-likeness (QED) is 0.377. The van der Waals surface area contributed by atoms with Crippen molar-refractivity contribution in [1.29, 1.82) is 0 Å². The normalized spacial score (nSPS) is 12.9. The highest BCUT2D eigenvalue weighted by atomic mass is 32.2. The molecular weight excluding hydrogens is 389 g/mol. The molecule has 2 aromatic carbocycles. The molecule has 1 atom stereocenters. The number of nitrogens with one attached hydrogen (secondary N) is 1. The number of aryl methyl sites for hydroxylation is 1. The van der Waals surface area contributed by atoms with Crippen molar-refractivity contribution in [1.82, 2.24) is 0 Å². The predicted octanol–water partition coefficient (Wildman–Crippen LogP) is 5.18. The monoisotopic (exact) mass is 407 g/mol. The van der Waals surface area contributed by atoms with Gasteiger partial charge in [0.05, 0.1) is 11.4 Å². The maximum absolute atomic E-state index is 14.2. The highest BCUT2D eigenvalue weighted by molar-refractivity contribution is 7.99. The second-order valence-corrected chi connectivity index (χ2v) is 6.80. The number of methoxy groups -OCH3 is 1. The van der Waals surface area contributed by atoms with Gasteiger partial charge >= 0.3 is 6.18 Å². The highest BCUT2D eigenvalue weighted by Crippen LogP contribution is 2.33. The molecule has 148 valence electrons. The molecule has 27 heavy (non-hydrogen) atoms. The molecule has 0 spiro atoms. The summed E-state index contributed by atoms with van der Waals surface area (Å²) in [6, 6.07) is 6.14. The van der Waals surface area contributed by atoms with Gasteiger partial charge in [-0.3, -0.25) is 0 Å². The summed E-state index contributed by atoms with van der Waals surface area (Å²) in [7, 11) is 1.25. The molecule has 0 amide bonds. The lowest BCUT2D eigenvalue weighted by atomic mass is 10.1. The standard InChI is InChI=1S/C18H18F5NO2S/c1-10-5-14(20)15(7-16(10)27-9-18(21,22)23)24-8-11-3-4-12(19)6-13(11)17(25)26-2/h3-7,17,24-25H,8-9H2,1-2H3. The molecule has 2 N–H and O–H groups in total. The molecule has 0 saturated heterocycles. The molecule has 0 aliphatic rings. The fourth-order valence-corrected chi connectivity index (χ4v) is 3.18. The van der Waals surface area contributed by atoms with Gasteiger partial charge in [0.2, 0.25) is 0 Å². The number of rotatable bonds is 7. The van der Waals surface area contributed by atoms with Crippen LogP contribution in [0.1, 0.15) is 23.0 Å². The third-order valence-corrected chi connectivity index (χ3v) is 4.94. The molecule has 0 fully saturated rings. The van der Waals surface area contributed by atoms with Gasteiger partial charge < -0.3 is 15.2 Å². The SMILES string of the molecule is COC(O)c1cc(F)ccc1CNc1cc(SCC(F)(F)F)c(C)cc1F. The van der Waals surface area contributed by atoms with E-state index in [1.807, 2.05) is 0 Å². The summed E-state index contributed by atoms with van der Waals surface area (Å²) in [6.45, 7) is 1.54. The van der Waals surface area contributed by atoms with Crippen molar-refractivity contribution in [2.24, 2.45) is 0 Å². The Balaban J connectivity index is 2.21. The van der Waals surface area contributed by atoms with E-state index in [4.69, 9.17) is 4.74 Å². The van der Waals surface area contributed by atoms with Crippen LogP contribution in [0.4, 0.5) is 27.6 Å². The van der Waals surface area contributed by atoms with Crippen molar-refractivity contribution < 1.29 is 31.8 Å². The Morgan fingerprint density at radius 3 is 2.52 bits per heavy atom. The van der Waals surface area contributed by atoms with Crippen LogP contribution >= 0.6 is 11.8 Å². The maximum atomic E-state index is 14.2. The minimum Gasteiger partial charge on any atom is -0.379 e. The first-order valence-corrected chi connectivity index (χ1v) is 8.82. The second-order valence-electron chi connectivity index (χ2n) is 5.79. The van der Waals surface area contributed by atoms with E-state index in [0.29, 0.717) is 27.8 Å². The van der Waals surface area contributed by atoms with E-state index in [-0.39, 0.29) is 17.8 Å². The molecule has 1 unspecified atom stereocenters. The molecule has 0 bridgehead atoms. The Kier molecular flexibility index (Phi) is 7.07. The van der Waals surface area contributed by atoms with Crippen LogP contribution in [-0.2, 0) is 11.3 Å². The number of benzene rings is 2. The van der Waals surface area contributed by atoms with Crippen LogP contribution in [0.5, 0.6) is 0 Å². The van der Waals surface area contributed by atoms with Crippen LogP contribution in [-0.4, -0.2) is 24.1 Å². The first kappa shape index (κ1) is 21.5. The molecule has 0 aromatic heterocycles. The summed E-state index contributed by atoms with van der Waals surface area (Å²) in [4.78, 5) is 0.299. The highest BCUT2D eigenvalue weighted by Gasteiger charge is 2.27. The number of hydrogen-bond donors (Lipinski definition) is 2. The number of ether oxygens (including phenoxy) is 1. The predicted molar refractivity (Wildman–Crippen MR) is 93.6 cm³/mol. The average Bonchev–Trinajstić information content (AvgIpc) is 2.59. The summed E-state index contributed by atoms with van der Waals surface area (Å²) in [5.41, 5.74) is 1.02. The average molecular weight is 407 g/mol. The van der Waals surface area contributed by atoms with Crippen LogP contribution < -0.4 is 5.32 Å². The number of thioether (sulfide) groups is 1. The maximum Gasteiger partial charge on any atom is 0.398 e. The molecule has 0 heterocycles. The van der Waals surface area contributed by atoms with Crippen LogP contribution in [0.25, 0.3) is 0 Å². The molecule has 9 heteroatoms. The smallest absolute Gasteiger partial charge is 0.379 e. The van der Waals surface area contributed by atoms with Gasteiger partial charge in [0, 0.05) is 24.1 Å². The van der Waals surface area contributed by atoms with Gasteiger partial charge in [-0.05, 0) is 42.3 Å². The Hall–Kier alpha value is -1.84. The molecule has 0 radical (unpaired) electrons. The molecule has 0 aliphatic carbocycles. The van der Waals surface area contributed by atoms with Gasteiger partial charge in [-0.1, -0.05) is 6.07 Å². The van der Waals surface area contributed by atoms with E-state index in [0.717, 1.165) is 12.1 Å². The lowest BCUT2D eigenvalue weighted by Gasteiger charge is -2.17. The van der Waals surface area contributed by atoms with Crippen LogP contribution in [0.15, 0.2) is 35.2 Å². The lowest BCUT2D eigenvalue weighted by molar-refractivity contribution is -0.105. The molecule has 2 aromatic rings. The fraction of sp³-hybridized carbons (Fsp3) is 0.333. The zero-order valence-electron chi connectivity index (χ0n) is 14.5. The van der Waals surface area contributed by atoms with Crippen molar-refractivity contribution in [2.45, 2.75) is 30.8 Å². The van der Waals surface area contributed by atoms with E-state index in [1.54, 1.807) is 0 Å². The van der Waals surface area contributed by atoms with Crippen LogP contribution in [0, 0.1) is 18.6 Å². The second kappa shape index (κ2) is 8.90. The number of hydrogen-bond acceptors (Lipinski definition) is 4. The number of anilines is 1. The minimum absolute atomic E-state index is 0.00690. The van der Waals surface area contributed by atoms with Gasteiger partial charge in [0.25, 0.3) is 0 Å². The number of aliphatic hydroxyl groups is 1. The van der Waals surface area contributed by atoms with Crippen molar-refractivity contribution in [3.8, 4) is 0 Å². The topological polar surface area (TPSA) is 41.5 Å². The van der Waals surface area contributed by atoms with Crippen molar-refractivity contribution in [2.75, 3.05) is 18.2 Å². The van der Waals surface area contributed by atoms with Crippen LogP contribution in [0.2, 0.25) is 0 Å². The van der Waals surface area contributed by atoms with Gasteiger partial charge in [-0.25, -0.2) is 8.78 Å². The first-order valence-electron chi connectivity index (χ1n) is 7.83. The summed E-state index contributed by atoms with van der Waals surface area (Å²) >= 11 is 0.571. The van der Waals surface area contributed by atoms with Gasteiger partial charge in [0.15, 0.2) is 6.29 Å². The Morgan fingerprint density at radius 2 is 1.89 bits per heavy atom. The number of alkyl halides is 3. The zero-order valence-corrected chi connectivity index (χ0v) is 15.3. The van der Waals surface area contributed by atoms with E-state index in [2.05, 4.69) is 5.32 Å². The zero-order chi connectivity index (χ0) is 20.2. The Bertz CT molecular complexity index is 798. The Morgan fingerprint density at radius 1 is 1.19 bits per heavy atom. The molecule has 0 saturated carbocycles. The summed E-state index contributed by atoms with van der Waals surface area (Å²) in [5.74, 6) is -2.28. The fourth-order valence-electron chi connectivity index (χ4n) is 2.38. The minimum atomic E-state index is -4.33. The van der Waals surface area contributed by atoms with E-state index in [9.17, 15) is 27.1 Å². The first-order chi connectivity index (χ1) is 12.6. The van der Waals surface area contributed by atoms with Crippen molar-refractivity contribution >= 4 is 17.4 Å². The third-order valence-electron chi connectivity index (χ3n) is 3.72. The van der Waals surface area contributed by atoms with Gasteiger partial charge in [-0.15, -0.1) is 11.8 Å². The lowest BCUT2D eigenvalue weighted by Crippen LogP contribution is -2.11. The Labute approximate surface area is 157 Å².